The molecule has 0 aliphatic rings. The topological polar surface area (TPSA) is 58.6 Å². The molecule has 0 heterocycles. The van der Waals surface area contributed by atoms with Gasteiger partial charge in [0.1, 0.15) is 11.8 Å². The highest BCUT2D eigenvalue weighted by Crippen LogP contribution is 2.28. The molecule has 0 bridgehead atoms. The molecule has 0 aliphatic carbocycles. The molecular formula is C29H32BrClN2O3. The summed E-state index contributed by atoms with van der Waals surface area (Å²) >= 11 is 9.46. The molecule has 190 valence electrons. The van der Waals surface area contributed by atoms with Gasteiger partial charge in [0.05, 0.1) is 4.47 Å². The van der Waals surface area contributed by atoms with Gasteiger partial charge in [0.2, 0.25) is 5.91 Å². The fourth-order valence-corrected chi connectivity index (χ4v) is 4.63. The number of carbonyl (C=O) groups is 2. The number of hydrogen-bond donors (Lipinski definition) is 1. The van der Waals surface area contributed by atoms with Crippen molar-refractivity contribution < 1.29 is 14.3 Å². The summed E-state index contributed by atoms with van der Waals surface area (Å²) in [6.45, 7) is 7.85. The van der Waals surface area contributed by atoms with Gasteiger partial charge < -0.3 is 15.0 Å². The number of nitrogens with one attached hydrogen (secondary N) is 1. The van der Waals surface area contributed by atoms with Crippen LogP contribution in [-0.2, 0) is 22.6 Å². The van der Waals surface area contributed by atoms with Gasteiger partial charge in [-0.1, -0.05) is 71.8 Å². The second-order valence-corrected chi connectivity index (χ2v) is 11.1. The SMILES string of the molecule is Cc1cccc(CN(C(=O)COc2ccc(Cl)cc2Br)C(Cc2ccccc2)C(=O)NC(C)(C)C)c1. The predicted molar refractivity (Wildman–Crippen MR) is 148 cm³/mol. The Hall–Kier alpha value is -2.83. The molecule has 5 nitrogen and oxygen atoms in total. The number of benzene rings is 3. The fraction of sp³-hybridized carbons (Fsp3) is 0.310. The quantitative estimate of drug-likeness (QED) is 0.326. The van der Waals surface area contributed by atoms with Crippen molar-refractivity contribution >= 4 is 39.3 Å². The van der Waals surface area contributed by atoms with E-state index in [9.17, 15) is 9.59 Å². The Morgan fingerprint density at radius 2 is 1.69 bits per heavy atom. The van der Waals surface area contributed by atoms with E-state index in [1.165, 1.54) is 0 Å². The minimum Gasteiger partial charge on any atom is -0.483 e. The number of hydrogen-bond acceptors (Lipinski definition) is 3. The van der Waals surface area contributed by atoms with Crippen molar-refractivity contribution in [3.05, 3.63) is 99.0 Å². The predicted octanol–water partition coefficient (Wildman–Crippen LogP) is 6.34. The maximum absolute atomic E-state index is 13.7. The summed E-state index contributed by atoms with van der Waals surface area (Å²) < 4.78 is 6.50. The van der Waals surface area contributed by atoms with Crippen LogP contribution in [0, 0.1) is 6.92 Å². The van der Waals surface area contributed by atoms with Crippen LogP contribution in [0.3, 0.4) is 0 Å². The van der Waals surface area contributed by atoms with Gasteiger partial charge in [-0.25, -0.2) is 0 Å². The molecule has 3 aromatic rings. The molecule has 1 atom stereocenters. The third kappa shape index (κ3) is 8.38. The van der Waals surface area contributed by atoms with Crippen molar-refractivity contribution in [3.63, 3.8) is 0 Å². The summed E-state index contributed by atoms with van der Waals surface area (Å²) in [6.07, 6.45) is 0.380. The molecule has 0 fully saturated rings. The van der Waals surface area contributed by atoms with E-state index in [4.69, 9.17) is 16.3 Å². The molecule has 3 aromatic carbocycles. The molecule has 1 N–H and O–H groups in total. The summed E-state index contributed by atoms with van der Waals surface area (Å²) in [5, 5.41) is 3.62. The van der Waals surface area contributed by atoms with E-state index in [2.05, 4.69) is 21.2 Å². The molecule has 1 unspecified atom stereocenters. The average Bonchev–Trinajstić information content (AvgIpc) is 2.80. The highest BCUT2D eigenvalue weighted by atomic mass is 79.9. The van der Waals surface area contributed by atoms with Gasteiger partial charge in [-0.2, -0.15) is 0 Å². The van der Waals surface area contributed by atoms with E-state index in [1.54, 1.807) is 23.1 Å². The van der Waals surface area contributed by atoms with Crippen molar-refractivity contribution in [3.8, 4) is 5.75 Å². The molecule has 0 saturated carbocycles. The Kier molecular flexibility index (Phi) is 9.57. The standard InChI is InChI=1S/C29H32BrClN2O3/c1-20-9-8-12-22(15-20)18-33(27(34)19-36-26-14-13-23(31)17-24(26)30)25(28(35)32-29(2,3)4)16-21-10-6-5-7-11-21/h5-15,17,25H,16,18-19H2,1-4H3,(H,32,35). The molecule has 0 saturated heterocycles. The molecule has 0 spiro atoms. The molecule has 0 aromatic heterocycles. The first-order valence-electron chi connectivity index (χ1n) is 11.8. The van der Waals surface area contributed by atoms with Crippen molar-refractivity contribution in [1.29, 1.82) is 0 Å². The first kappa shape index (κ1) is 27.8. The van der Waals surface area contributed by atoms with Crippen LogP contribution in [0.5, 0.6) is 5.75 Å². The van der Waals surface area contributed by atoms with Gasteiger partial charge in [0.15, 0.2) is 6.61 Å². The minimum absolute atomic E-state index is 0.208. The minimum atomic E-state index is -0.725. The molecule has 36 heavy (non-hydrogen) atoms. The Balaban J connectivity index is 1.94. The number of amides is 2. The Morgan fingerprint density at radius 1 is 1.00 bits per heavy atom. The van der Waals surface area contributed by atoms with Gasteiger partial charge in [0.25, 0.3) is 5.91 Å². The maximum Gasteiger partial charge on any atom is 0.261 e. The highest BCUT2D eigenvalue weighted by molar-refractivity contribution is 9.10. The van der Waals surface area contributed by atoms with Crippen molar-refractivity contribution in [2.75, 3.05) is 6.61 Å². The summed E-state index contributed by atoms with van der Waals surface area (Å²) in [5.74, 6) is 0.00499. The summed E-state index contributed by atoms with van der Waals surface area (Å²) in [4.78, 5) is 28.8. The lowest BCUT2D eigenvalue weighted by Gasteiger charge is -2.34. The van der Waals surface area contributed by atoms with Crippen LogP contribution in [-0.4, -0.2) is 34.9 Å². The van der Waals surface area contributed by atoms with E-state index in [1.807, 2.05) is 82.3 Å². The lowest BCUT2D eigenvalue weighted by molar-refractivity contribution is -0.143. The normalized spacial score (nSPS) is 12.1. The van der Waals surface area contributed by atoms with Crippen LogP contribution in [0.25, 0.3) is 0 Å². The van der Waals surface area contributed by atoms with E-state index < -0.39 is 11.6 Å². The zero-order chi connectivity index (χ0) is 26.3. The first-order valence-corrected chi connectivity index (χ1v) is 13.0. The monoisotopic (exact) mass is 570 g/mol. The average molecular weight is 572 g/mol. The van der Waals surface area contributed by atoms with Crippen LogP contribution in [0.15, 0.2) is 77.3 Å². The second-order valence-electron chi connectivity index (χ2n) is 9.82. The van der Waals surface area contributed by atoms with Crippen molar-refractivity contribution in [2.45, 2.75) is 52.2 Å². The number of carbonyl (C=O) groups excluding carboxylic acids is 2. The molecule has 2 amide bonds. The lowest BCUT2D eigenvalue weighted by Crippen LogP contribution is -2.55. The Morgan fingerprint density at radius 3 is 2.33 bits per heavy atom. The largest absolute Gasteiger partial charge is 0.483 e. The zero-order valence-corrected chi connectivity index (χ0v) is 23.4. The smallest absolute Gasteiger partial charge is 0.261 e. The number of ether oxygens (including phenoxy) is 1. The number of nitrogens with zero attached hydrogens (tertiary/aromatic N) is 1. The van der Waals surface area contributed by atoms with Crippen LogP contribution < -0.4 is 10.1 Å². The number of aryl methyl sites for hydroxylation is 1. The molecule has 0 aliphatic heterocycles. The van der Waals surface area contributed by atoms with Gasteiger partial charge >= 0.3 is 0 Å². The fourth-order valence-electron chi connectivity index (χ4n) is 3.83. The van der Waals surface area contributed by atoms with Gasteiger partial charge in [0, 0.05) is 23.5 Å². The number of halogens is 2. The van der Waals surface area contributed by atoms with Crippen molar-refractivity contribution in [2.24, 2.45) is 0 Å². The van der Waals surface area contributed by atoms with E-state index in [0.29, 0.717) is 21.7 Å². The highest BCUT2D eigenvalue weighted by Gasteiger charge is 2.32. The zero-order valence-electron chi connectivity index (χ0n) is 21.1. The lowest BCUT2D eigenvalue weighted by atomic mass is 10.0. The molecule has 7 heteroatoms. The van der Waals surface area contributed by atoms with Gasteiger partial charge in [-0.15, -0.1) is 0 Å². The van der Waals surface area contributed by atoms with Gasteiger partial charge in [-0.05, 0) is 73.0 Å². The summed E-state index contributed by atoms with van der Waals surface area (Å²) in [6, 6.07) is 22.1. The van der Waals surface area contributed by atoms with E-state index in [0.717, 1.165) is 16.7 Å². The Labute approximate surface area is 226 Å². The molecular weight excluding hydrogens is 540 g/mol. The second kappa shape index (κ2) is 12.4. The Bertz CT molecular complexity index is 1190. The maximum atomic E-state index is 13.7. The van der Waals surface area contributed by atoms with Crippen molar-refractivity contribution in [1.82, 2.24) is 10.2 Å². The summed E-state index contributed by atoms with van der Waals surface area (Å²) in [5.41, 5.74) is 2.54. The van der Waals surface area contributed by atoms with Gasteiger partial charge in [-0.3, -0.25) is 9.59 Å². The molecule has 3 rings (SSSR count). The van der Waals surface area contributed by atoms with Crippen LogP contribution >= 0.6 is 27.5 Å². The van der Waals surface area contributed by atoms with Crippen LogP contribution in [0.4, 0.5) is 0 Å². The number of rotatable bonds is 9. The third-order valence-electron chi connectivity index (χ3n) is 5.45. The first-order chi connectivity index (χ1) is 17.0. The van der Waals surface area contributed by atoms with E-state index >= 15 is 0 Å². The summed E-state index contributed by atoms with van der Waals surface area (Å²) in [7, 11) is 0. The molecule has 0 radical (unpaired) electrons. The van der Waals surface area contributed by atoms with Crippen LogP contribution in [0.1, 0.15) is 37.5 Å². The van der Waals surface area contributed by atoms with Crippen LogP contribution in [0.2, 0.25) is 5.02 Å². The third-order valence-corrected chi connectivity index (χ3v) is 6.30. The van der Waals surface area contributed by atoms with E-state index in [-0.39, 0.29) is 25.0 Å².